The third-order valence-electron chi connectivity index (χ3n) is 3.38. The quantitative estimate of drug-likeness (QED) is 0.849. The van der Waals surface area contributed by atoms with Gasteiger partial charge in [-0.05, 0) is 50.6 Å². The first-order chi connectivity index (χ1) is 9.61. The normalized spacial score (nSPS) is 12.6. The van der Waals surface area contributed by atoms with Crippen LogP contribution in [0.5, 0.6) is 0 Å². The molecule has 1 aromatic heterocycles. The molecular formula is C17H22FNO. The van der Waals surface area contributed by atoms with Gasteiger partial charge in [-0.3, -0.25) is 0 Å². The second kappa shape index (κ2) is 6.71. The molecule has 2 nitrogen and oxygen atoms in total. The third-order valence-corrected chi connectivity index (χ3v) is 3.38. The number of nitrogens with one attached hydrogen (secondary N) is 1. The van der Waals surface area contributed by atoms with Crippen molar-refractivity contribution in [1.82, 2.24) is 5.32 Å². The molecule has 108 valence electrons. The molecule has 0 spiro atoms. The Morgan fingerprint density at radius 1 is 1.25 bits per heavy atom. The maximum atomic E-state index is 13.9. The van der Waals surface area contributed by atoms with Gasteiger partial charge in [-0.15, -0.1) is 0 Å². The maximum Gasteiger partial charge on any atom is 0.137 e. The van der Waals surface area contributed by atoms with Crippen LogP contribution in [-0.4, -0.2) is 12.6 Å². The third kappa shape index (κ3) is 3.48. The molecule has 0 amide bonds. The number of aryl methyl sites for hydroxylation is 1. The Balaban J connectivity index is 2.13. The second-order valence-electron chi connectivity index (χ2n) is 5.26. The molecule has 2 aromatic rings. The van der Waals surface area contributed by atoms with Crippen LogP contribution in [-0.2, 0) is 6.42 Å². The van der Waals surface area contributed by atoms with Crippen molar-refractivity contribution in [1.29, 1.82) is 0 Å². The number of hydrogen-bond acceptors (Lipinski definition) is 2. The Labute approximate surface area is 120 Å². The summed E-state index contributed by atoms with van der Waals surface area (Å²) in [4.78, 5) is 0. The van der Waals surface area contributed by atoms with Gasteiger partial charge in [0.1, 0.15) is 17.3 Å². The van der Waals surface area contributed by atoms with Gasteiger partial charge in [-0.1, -0.05) is 19.1 Å². The standard InChI is InChI=1S/C17H22FNO/c1-4-10-19-13(3)11-14-8-9-16(20-14)17-12(2)6-5-7-15(17)18/h5-9,13,19H,4,10-11H2,1-3H3. The van der Waals surface area contributed by atoms with Crippen LogP contribution >= 0.6 is 0 Å². The zero-order valence-corrected chi connectivity index (χ0v) is 12.4. The lowest BCUT2D eigenvalue weighted by molar-refractivity contribution is 0.462. The molecular weight excluding hydrogens is 253 g/mol. The lowest BCUT2D eigenvalue weighted by Gasteiger charge is -2.11. The van der Waals surface area contributed by atoms with Crippen LogP contribution in [0.25, 0.3) is 11.3 Å². The van der Waals surface area contributed by atoms with E-state index in [1.807, 2.05) is 25.1 Å². The summed E-state index contributed by atoms with van der Waals surface area (Å²) in [5.74, 6) is 1.26. The van der Waals surface area contributed by atoms with E-state index in [1.54, 1.807) is 6.07 Å². The van der Waals surface area contributed by atoms with Crippen molar-refractivity contribution in [2.75, 3.05) is 6.54 Å². The maximum absolute atomic E-state index is 13.9. The molecule has 0 radical (unpaired) electrons. The highest BCUT2D eigenvalue weighted by atomic mass is 19.1. The van der Waals surface area contributed by atoms with Gasteiger partial charge in [0.05, 0.1) is 5.56 Å². The van der Waals surface area contributed by atoms with Crippen LogP contribution in [0.4, 0.5) is 4.39 Å². The molecule has 0 saturated carbocycles. The molecule has 0 aliphatic carbocycles. The first kappa shape index (κ1) is 14.8. The highest BCUT2D eigenvalue weighted by molar-refractivity contribution is 5.62. The highest BCUT2D eigenvalue weighted by Crippen LogP contribution is 2.28. The van der Waals surface area contributed by atoms with Crippen molar-refractivity contribution in [3.63, 3.8) is 0 Å². The zero-order valence-electron chi connectivity index (χ0n) is 12.4. The molecule has 0 aliphatic rings. The van der Waals surface area contributed by atoms with Crippen molar-refractivity contribution in [2.24, 2.45) is 0 Å². The minimum Gasteiger partial charge on any atom is -0.461 e. The number of halogens is 1. The van der Waals surface area contributed by atoms with Crippen LogP contribution < -0.4 is 5.32 Å². The van der Waals surface area contributed by atoms with Gasteiger partial charge in [0.25, 0.3) is 0 Å². The van der Waals surface area contributed by atoms with E-state index in [1.165, 1.54) is 6.07 Å². The summed E-state index contributed by atoms with van der Waals surface area (Å²) in [6.07, 6.45) is 1.93. The predicted octanol–water partition coefficient (Wildman–Crippen LogP) is 4.32. The Morgan fingerprint density at radius 2 is 2.05 bits per heavy atom. The fraction of sp³-hybridized carbons (Fsp3) is 0.412. The van der Waals surface area contributed by atoms with Gasteiger partial charge >= 0.3 is 0 Å². The van der Waals surface area contributed by atoms with Crippen molar-refractivity contribution in [3.8, 4) is 11.3 Å². The van der Waals surface area contributed by atoms with Crippen molar-refractivity contribution in [3.05, 3.63) is 47.5 Å². The molecule has 1 heterocycles. The lowest BCUT2D eigenvalue weighted by atomic mass is 10.1. The van der Waals surface area contributed by atoms with Gasteiger partial charge in [-0.25, -0.2) is 4.39 Å². The fourth-order valence-electron chi connectivity index (χ4n) is 2.33. The predicted molar refractivity (Wildman–Crippen MR) is 80.3 cm³/mol. The summed E-state index contributed by atoms with van der Waals surface area (Å²) in [5.41, 5.74) is 1.45. The second-order valence-corrected chi connectivity index (χ2v) is 5.26. The van der Waals surface area contributed by atoms with E-state index in [4.69, 9.17) is 4.42 Å². The summed E-state index contributed by atoms with van der Waals surface area (Å²) in [5, 5.41) is 3.42. The largest absolute Gasteiger partial charge is 0.461 e. The minimum atomic E-state index is -0.233. The van der Waals surface area contributed by atoms with Crippen molar-refractivity contribution >= 4 is 0 Å². The fourth-order valence-corrected chi connectivity index (χ4v) is 2.33. The molecule has 0 saturated heterocycles. The van der Waals surface area contributed by atoms with E-state index in [-0.39, 0.29) is 5.82 Å². The Kier molecular flexibility index (Phi) is 4.96. The number of furan rings is 1. The van der Waals surface area contributed by atoms with Crippen LogP contribution in [0.3, 0.4) is 0 Å². The van der Waals surface area contributed by atoms with Gasteiger partial charge in [-0.2, -0.15) is 0 Å². The molecule has 1 aromatic carbocycles. The van der Waals surface area contributed by atoms with Crippen LogP contribution in [0.1, 0.15) is 31.6 Å². The summed E-state index contributed by atoms with van der Waals surface area (Å²) in [6, 6.07) is 9.23. The molecule has 1 atom stereocenters. The van der Waals surface area contributed by atoms with E-state index in [0.29, 0.717) is 17.4 Å². The number of rotatable bonds is 6. The van der Waals surface area contributed by atoms with E-state index >= 15 is 0 Å². The SMILES string of the molecule is CCCNC(C)Cc1ccc(-c2c(C)cccc2F)o1. The lowest BCUT2D eigenvalue weighted by Crippen LogP contribution is -2.28. The van der Waals surface area contributed by atoms with Crippen LogP contribution in [0, 0.1) is 12.7 Å². The molecule has 2 rings (SSSR count). The van der Waals surface area contributed by atoms with E-state index in [0.717, 1.165) is 30.7 Å². The molecule has 1 unspecified atom stereocenters. The zero-order chi connectivity index (χ0) is 14.5. The monoisotopic (exact) mass is 275 g/mol. The topological polar surface area (TPSA) is 25.2 Å². The molecule has 1 N–H and O–H groups in total. The van der Waals surface area contributed by atoms with Crippen LogP contribution in [0.15, 0.2) is 34.7 Å². The summed E-state index contributed by atoms with van der Waals surface area (Å²) >= 11 is 0. The Hall–Kier alpha value is -1.61. The molecule has 0 fully saturated rings. The average molecular weight is 275 g/mol. The summed E-state index contributed by atoms with van der Waals surface area (Å²) < 4.78 is 19.7. The molecule has 0 aliphatic heterocycles. The van der Waals surface area contributed by atoms with E-state index in [9.17, 15) is 4.39 Å². The molecule has 0 bridgehead atoms. The van der Waals surface area contributed by atoms with Gasteiger partial charge in [0.2, 0.25) is 0 Å². The average Bonchev–Trinajstić information content (AvgIpc) is 2.84. The number of hydrogen-bond donors (Lipinski definition) is 1. The molecule has 3 heteroatoms. The van der Waals surface area contributed by atoms with Crippen molar-refractivity contribution in [2.45, 2.75) is 39.7 Å². The Bertz CT molecular complexity index is 542. The van der Waals surface area contributed by atoms with E-state index in [2.05, 4.69) is 19.2 Å². The Morgan fingerprint density at radius 3 is 2.75 bits per heavy atom. The number of benzene rings is 1. The first-order valence-electron chi connectivity index (χ1n) is 7.19. The van der Waals surface area contributed by atoms with Crippen LogP contribution in [0.2, 0.25) is 0 Å². The summed E-state index contributed by atoms with van der Waals surface area (Å²) in [7, 11) is 0. The summed E-state index contributed by atoms with van der Waals surface area (Å²) in [6.45, 7) is 7.17. The van der Waals surface area contributed by atoms with E-state index < -0.39 is 0 Å². The van der Waals surface area contributed by atoms with Gasteiger partial charge in [0, 0.05) is 12.5 Å². The minimum absolute atomic E-state index is 0.233. The molecule has 20 heavy (non-hydrogen) atoms. The smallest absolute Gasteiger partial charge is 0.137 e. The van der Waals surface area contributed by atoms with Gasteiger partial charge in [0.15, 0.2) is 0 Å². The highest BCUT2D eigenvalue weighted by Gasteiger charge is 2.13. The first-order valence-corrected chi connectivity index (χ1v) is 7.19. The van der Waals surface area contributed by atoms with Gasteiger partial charge < -0.3 is 9.73 Å². The van der Waals surface area contributed by atoms with Crippen molar-refractivity contribution < 1.29 is 8.81 Å².